The Morgan fingerprint density at radius 2 is 2.18 bits per heavy atom. The molecule has 1 heterocycles. The molecule has 1 atom stereocenters. The topological polar surface area (TPSA) is 70.7 Å². The molecule has 0 bridgehead atoms. The molecule has 1 unspecified atom stereocenters. The molecule has 0 spiro atoms. The van der Waals surface area contributed by atoms with Gasteiger partial charge in [0.2, 0.25) is 5.91 Å². The summed E-state index contributed by atoms with van der Waals surface area (Å²) in [4.78, 5) is 24.8. The number of carbonyl (C=O) groups is 2. The van der Waals surface area contributed by atoms with Crippen molar-refractivity contribution in [2.45, 2.75) is 12.5 Å². The van der Waals surface area contributed by atoms with Gasteiger partial charge in [-0.05, 0) is 6.07 Å². The highest BCUT2D eigenvalue weighted by molar-refractivity contribution is 6.31. The molecule has 0 saturated carbocycles. The maximum Gasteiger partial charge on any atom is 0.321 e. The van der Waals surface area contributed by atoms with Gasteiger partial charge >= 0.3 is 6.03 Å². The summed E-state index contributed by atoms with van der Waals surface area (Å²) >= 11 is 6.20. The standard InChI is InChI=1S/C15H20ClN3O3/c1-17-15(21)18-14(20)6-7-19-8-9-22-13(10-19)11-4-2-3-5-12(11)16/h2-5,13H,6-10H2,1H3,(H2,17,18,20,21). The van der Waals surface area contributed by atoms with Gasteiger partial charge in [-0.15, -0.1) is 0 Å². The Labute approximate surface area is 134 Å². The molecular formula is C15H20ClN3O3. The van der Waals surface area contributed by atoms with Gasteiger partial charge in [0, 0.05) is 43.7 Å². The first-order valence-electron chi connectivity index (χ1n) is 7.20. The summed E-state index contributed by atoms with van der Waals surface area (Å²) in [5, 5.41) is 5.29. The summed E-state index contributed by atoms with van der Waals surface area (Å²) < 4.78 is 5.77. The highest BCUT2D eigenvalue weighted by Crippen LogP contribution is 2.28. The fourth-order valence-corrected chi connectivity index (χ4v) is 2.60. The minimum atomic E-state index is -0.485. The van der Waals surface area contributed by atoms with E-state index in [0.717, 1.165) is 12.1 Å². The van der Waals surface area contributed by atoms with Crippen LogP contribution >= 0.6 is 11.6 Å². The van der Waals surface area contributed by atoms with Crippen LogP contribution in [0.25, 0.3) is 0 Å². The van der Waals surface area contributed by atoms with Crippen molar-refractivity contribution < 1.29 is 14.3 Å². The Kier molecular flexibility index (Phi) is 6.18. The molecule has 1 aliphatic heterocycles. The van der Waals surface area contributed by atoms with Crippen molar-refractivity contribution in [3.05, 3.63) is 34.9 Å². The van der Waals surface area contributed by atoms with Crippen LogP contribution in [0.1, 0.15) is 18.1 Å². The first-order chi connectivity index (χ1) is 10.6. The van der Waals surface area contributed by atoms with Crippen LogP contribution in [0.15, 0.2) is 24.3 Å². The average Bonchev–Trinajstić information content (AvgIpc) is 2.53. The second kappa shape index (κ2) is 8.12. The number of rotatable bonds is 4. The first kappa shape index (κ1) is 16.7. The Morgan fingerprint density at radius 1 is 1.41 bits per heavy atom. The maximum atomic E-state index is 11.6. The zero-order valence-electron chi connectivity index (χ0n) is 12.5. The molecule has 1 fully saturated rings. The third-order valence-corrected chi connectivity index (χ3v) is 3.88. The van der Waals surface area contributed by atoms with Gasteiger partial charge in [0.25, 0.3) is 0 Å². The molecule has 1 aromatic carbocycles. The first-order valence-corrected chi connectivity index (χ1v) is 7.58. The Morgan fingerprint density at radius 3 is 2.91 bits per heavy atom. The molecule has 0 radical (unpaired) electrons. The molecule has 1 aliphatic rings. The van der Waals surface area contributed by atoms with Crippen molar-refractivity contribution in [2.75, 3.05) is 33.3 Å². The molecule has 120 valence electrons. The quantitative estimate of drug-likeness (QED) is 0.881. The Balaban J connectivity index is 1.85. The molecule has 22 heavy (non-hydrogen) atoms. The predicted octanol–water partition coefficient (Wildman–Crippen LogP) is 1.56. The van der Waals surface area contributed by atoms with E-state index in [9.17, 15) is 9.59 Å². The number of morpholine rings is 1. The van der Waals surface area contributed by atoms with Crippen molar-refractivity contribution in [3.8, 4) is 0 Å². The van der Waals surface area contributed by atoms with Crippen LogP contribution in [0.4, 0.5) is 4.79 Å². The third kappa shape index (κ3) is 4.69. The van der Waals surface area contributed by atoms with Crippen LogP contribution in [0, 0.1) is 0 Å². The van der Waals surface area contributed by atoms with Gasteiger partial charge in [0.1, 0.15) is 0 Å². The number of nitrogens with one attached hydrogen (secondary N) is 2. The summed E-state index contributed by atoms with van der Waals surface area (Å²) in [6.45, 7) is 2.60. The molecule has 0 aromatic heterocycles. The number of carbonyl (C=O) groups excluding carboxylic acids is 2. The van der Waals surface area contributed by atoms with E-state index in [4.69, 9.17) is 16.3 Å². The number of imide groups is 1. The van der Waals surface area contributed by atoms with Crippen molar-refractivity contribution in [2.24, 2.45) is 0 Å². The second-order valence-electron chi connectivity index (χ2n) is 5.06. The number of hydrogen-bond donors (Lipinski definition) is 2. The van der Waals surface area contributed by atoms with Gasteiger partial charge in [0.05, 0.1) is 12.7 Å². The number of amides is 3. The fraction of sp³-hybridized carbons (Fsp3) is 0.467. The summed E-state index contributed by atoms with van der Waals surface area (Å²) in [6.07, 6.45) is 0.173. The van der Waals surface area contributed by atoms with Crippen LogP contribution < -0.4 is 10.6 Å². The summed E-state index contributed by atoms with van der Waals surface area (Å²) in [6, 6.07) is 7.13. The summed E-state index contributed by atoms with van der Waals surface area (Å²) in [7, 11) is 1.47. The lowest BCUT2D eigenvalue weighted by molar-refractivity contribution is -0.120. The number of ether oxygens (including phenoxy) is 1. The fourth-order valence-electron chi connectivity index (χ4n) is 2.34. The number of halogens is 1. The van der Waals surface area contributed by atoms with Crippen molar-refractivity contribution in [1.29, 1.82) is 0 Å². The lowest BCUT2D eigenvalue weighted by Crippen LogP contribution is -2.42. The van der Waals surface area contributed by atoms with Crippen LogP contribution in [-0.2, 0) is 9.53 Å². The minimum absolute atomic E-state index is 0.0931. The molecule has 3 amide bonds. The summed E-state index contributed by atoms with van der Waals surface area (Å²) in [5.41, 5.74) is 0.962. The van der Waals surface area contributed by atoms with Gasteiger partial charge in [-0.25, -0.2) is 4.79 Å². The van der Waals surface area contributed by atoms with Crippen molar-refractivity contribution in [3.63, 3.8) is 0 Å². The smallest absolute Gasteiger partial charge is 0.321 e. The number of urea groups is 1. The molecule has 6 nitrogen and oxygen atoms in total. The van der Waals surface area contributed by atoms with E-state index in [1.807, 2.05) is 24.3 Å². The summed E-state index contributed by atoms with van der Waals surface area (Å²) in [5.74, 6) is -0.292. The van der Waals surface area contributed by atoms with Crippen molar-refractivity contribution in [1.82, 2.24) is 15.5 Å². The van der Waals surface area contributed by atoms with Gasteiger partial charge < -0.3 is 10.1 Å². The zero-order chi connectivity index (χ0) is 15.9. The normalized spacial score (nSPS) is 18.7. The number of hydrogen-bond acceptors (Lipinski definition) is 4. The monoisotopic (exact) mass is 325 g/mol. The molecule has 7 heteroatoms. The van der Waals surface area contributed by atoms with Crippen LogP contribution in [0.2, 0.25) is 5.02 Å². The minimum Gasteiger partial charge on any atom is -0.371 e. The molecule has 2 rings (SSSR count). The van der Waals surface area contributed by atoms with Crippen LogP contribution in [0.3, 0.4) is 0 Å². The van der Waals surface area contributed by atoms with E-state index in [1.54, 1.807) is 0 Å². The molecular weight excluding hydrogens is 306 g/mol. The largest absolute Gasteiger partial charge is 0.371 e. The highest BCUT2D eigenvalue weighted by Gasteiger charge is 2.23. The molecule has 1 aromatic rings. The average molecular weight is 326 g/mol. The maximum absolute atomic E-state index is 11.6. The van der Waals surface area contributed by atoms with E-state index in [0.29, 0.717) is 24.7 Å². The van der Waals surface area contributed by atoms with E-state index in [1.165, 1.54) is 7.05 Å². The van der Waals surface area contributed by atoms with E-state index in [-0.39, 0.29) is 18.4 Å². The van der Waals surface area contributed by atoms with Gasteiger partial charge in [-0.1, -0.05) is 29.8 Å². The third-order valence-electron chi connectivity index (χ3n) is 3.54. The van der Waals surface area contributed by atoms with Gasteiger partial charge in [-0.2, -0.15) is 0 Å². The lowest BCUT2D eigenvalue weighted by Gasteiger charge is -2.33. The lowest BCUT2D eigenvalue weighted by atomic mass is 10.1. The SMILES string of the molecule is CNC(=O)NC(=O)CCN1CCOC(c2ccccc2Cl)C1. The number of nitrogens with zero attached hydrogens (tertiary/aromatic N) is 1. The number of benzene rings is 1. The van der Waals surface area contributed by atoms with Gasteiger partial charge in [-0.3, -0.25) is 15.0 Å². The van der Waals surface area contributed by atoms with E-state index < -0.39 is 6.03 Å². The Bertz CT molecular complexity index is 539. The van der Waals surface area contributed by atoms with E-state index in [2.05, 4.69) is 15.5 Å². The van der Waals surface area contributed by atoms with E-state index >= 15 is 0 Å². The highest BCUT2D eigenvalue weighted by atomic mass is 35.5. The molecule has 2 N–H and O–H groups in total. The van der Waals surface area contributed by atoms with Crippen LogP contribution in [-0.4, -0.2) is 50.1 Å². The molecule has 0 aliphatic carbocycles. The Hall–Kier alpha value is -1.63. The zero-order valence-corrected chi connectivity index (χ0v) is 13.2. The van der Waals surface area contributed by atoms with Crippen LogP contribution in [0.5, 0.6) is 0 Å². The molecule has 1 saturated heterocycles. The second-order valence-corrected chi connectivity index (χ2v) is 5.47. The van der Waals surface area contributed by atoms with Crippen molar-refractivity contribution >= 4 is 23.5 Å². The predicted molar refractivity (Wildman–Crippen MR) is 83.8 cm³/mol. The van der Waals surface area contributed by atoms with Gasteiger partial charge in [0.15, 0.2) is 0 Å².